The molecule has 8 rings (SSSR count). The van der Waals surface area contributed by atoms with E-state index in [1.54, 1.807) is 18.7 Å². The molecule has 4 saturated heterocycles. The smallest absolute Gasteiger partial charge is 0.377 e. The zero-order valence-electron chi connectivity index (χ0n) is 62.2. The van der Waals surface area contributed by atoms with E-state index < -0.39 is 174 Å². The van der Waals surface area contributed by atoms with Crippen LogP contribution in [-0.2, 0) is 62.3 Å². The van der Waals surface area contributed by atoms with E-state index in [2.05, 4.69) is 16.0 Å². The maximum atomic E-state index is 16.0. The molecule has 12 amide bonds. The summed E-state index contributed by atoms with van der Waals surface area (Å²) in [5.41, 5.74) is -1.56. The monoisotopic (exact) mass is 1460 g/mol. The number of rotatable bonds is 10. The van der Waals surface area contributed by atoms with Crippen LogP contribution in [0, 0.1) is 35.5 Å². The van der Waals surface area contributed by atoms with Gasteiger partial charge in [-0.1, -0.05) is 91.9 Å². The van der Waals surface area contributed by atoms with E-state index in [0.717, 1.165) is 66.1 Å². The third-order valence-corrected chi connectivity index (χ3v) is 24.2. The molecule has 0 radical (unpaired) electrons. The number of halogens is 4. The molecule has 574 valence electrons. The van der Waals surface area contributed by atoms with Gasteiger partial charge in [0.15, 0.2) is 0 Å². The van der Waals surface area contributed by atoms with Crippen LogP contribution in [0.5, 0.6) is 0 Å². The third kappa shape index (κ3) is 19.6. The Hall–Kier alpha value is -6.32. The second-order valence-electron chi connectivity index (χ2n) is 31.9. The summed E-state index contributed by atoms with van der Waals surface area (Å²) in [6, 6.07) is -9.32. The summed E-state index contributed by atoms with van der Waals surface area (Å²) in [5.74, 6) is -10.7. The maximum Gasteiger partial charge on any atom is 0.393 e. The number of morpholine rings is 1. The Labute approximate surface area is 605 Å². The largest absolute Gasteiger partial charge is 0.393 e. The van der Waals surface area contributed by atoms with Crippen molar-refractivity contribution in [3.8, 4) is 0 Å². The average molecular weight is 1460 g/mol. The van der Waals surface area contributed by atoms with Gasteiger partial charge in [-0.3, -0.25) is 57.5 Å². The lowest BCUT2D eigenvalue weighted by Gasteiger charge is -2.44. The fourth-order valence-electron chi connectivity index (χ4n) is 17.5. The molecular weight excluding hydrogens is 1350 g/mol. The average Bonchev–Trinajstić information content (AvgIpc) is 1.52. The molecule has 0 aromatic rings. The van der Waals surface area contributed by atoms with Gasteiger partial charge in [0.25, 0.3) is 0 Å². The van der Waals surface area contributed by atoms with Crippen molar-refractivity contribution < 1.29 is 75.4 Å². The second kappa shape index (κ2) is 35.6. The van der Waals surface area contributed by atoms with Crippen LogP contribution < -0.4 is 16.0 Å². The van der Waals surface area contributed by atoms with Crippen LogP contribution in [0.4, 0.5) is 13.2 Å². The van der Waals surface area contributed by atoms with Crippen molar-refractivity contribution in [2.45, 2.75) is 266 Å². The minimum Gasteiger partial charge on any atom is -0.377 e. The van der Waals surface area contributed by atoms with E-state index in [1.165, 1.54) is 73.8 Å². The van der Waals surface area contributed by atoms with Crippen LogP contribution >= 0.6 is 11.6 Å². The molecule has 2 bridgehead atoms. The van der Waals surface area contributed by atoms with E-state index in [0.29, 0.717) is 44.9 Å². The number of carbonyl (C=O) groups excluding carboxylic acids is 12. The lowest BCUT2D eigenvalue weighted by molar-refractivity contribution is -0.182. The van der Waals surface area contributed by atoms with Gasteiger partial charge in [0.1, 0.15) is 47.8 Å². The van der Waals surface area contributed by atoms with Gasteiger partial charge in [-0.15, -0.1) is 11.6 Å². The summed E-state index contributed by atoms with van der Waals surface area (Å²) in [7, 11) is 10.1. The van der Waals surface area contributed by atoms with E-state index >= 15 is 28.8 Å². The molecule has 12 atom stereocenters. The van der Waals surface area contributed by atoms with Gasteiger partial charge < -0.3 is 64.8 Å². The fraction of sp³-hybridized carbons (Fsp3) is 0.836. The number of likely N-dealkylation sites (N-methyl/N-ethyl adjacent to an activating group) is 7. The normalized spacial score (nSPS) is 31.4. The zero-order chi connectivity index (χ0) is 74.8. The summed E-state index contributed by atoms with van der Waals surface area (Å²) in [6.45, 7) is 6.10. The molecule has 0 aromatic carbocycles. The maximum absolute atomic E-state index is 16.0. The summed E-state index contributed by atoms with van der Waals surface area (Å²) in [4.78, 5) is 192. The summed E-state index contributed by atoms with van der Waals surface area (Å²) < 4.78 is 48.0. The van der Waals surface area contributed by atoms with Crippen molar-refractivity contribution in [2.75, 3.05) is 88.7 Å². The Morgan fingerprint density at radius 2 is 1.19 bits per heavy atom. The lowest BCUT2D eigenvalue weighted by Crippen LogP contribution is -2.65. The van der Waals surface area contributed by atoms with Gasteiger partial charge in [0.05, 0.1) is 57.3 Å². The minimum absolute atomic E-state index is 0.000273. The highest BCUT2D eigenvalue weighted by atomic mass is 35.5. The fourth-order valence-corrected chi connectivity index (χ4v) is 18.0. The van der Waals surface area contributed by atoms with Crippen LogP contribution in [0.3, 0.4) is 0 Å². The molecule has 25 nitrogen and oxygen atoms in total. The number of amides is 12. The first-order valence-corrected chi connectivity index (χ1v) is 38.2. The number of carbonyl (C=O) groups is 12. The molecule has 4 saturated carbocycles. The number of hydrogen-bond acceptors (Lipinski definition) is 13. The van der Waals surface area contributed by atoms with Crippen molar-refractivity contribution in [1.29, 1.82) is 0 Å². The number of fused-ring (bicyclic) bond motifs is 3. The first-order chi connectivity index (χ1) is 48.1. The van der Waals surface area contributed by atoms with Gasteiger partial charge in [-0.2, -0.15) is 13.2 Å². The number of ether oxygens (including phenoxy) is 1. The molecule has 8 fully saturated rings. The molecule has 3 N–H and O–H groups in total. The summed E-state index contributed by atoms with van der Waals surface area (Å²) >= 11 is 6.42. The van der Waals surface area contributed by atoms with Crippen molar-refractivity contribution >= 4 is 82.5 Å². The van der Waals surface area contributed by atoms with Crippen LogP contribution in [0.15, 0.2) is 0 Å². The summed E-state index contributed by atoms with van der Waals surface area (Å²) in [5, 5.41) is 7.60. The van der Waals surface area contributed by atoms with Crippen molar-refractivity contribution in [3.05, 3.63) is 0 Å². The summed E-state index contributed by atoms with van der Waals surface area (Å²) in [6.07, 6.45) is 6.38. The first kappa shape index (κ1) is 81.4. The van der Waals surface area contributed by atoms with E-state index in [4.69, 9.17) is 16.3 Å². The Bertz CT molecular complexity index is 3000. The predicted molar refractivity (Wildman–Crippen MR) is 374 cm³/mol. The first-order valence-electron chi connectivity index (χ1n) is 37.8. The van der Waals surface area contributed by atoms with E-state index in [-0.39, 0.29) is 114 Å². The van der Waals surface area contributed by atoms with Crippen LogP contribution in [0.2, 0.25) is 0 Å². The van der Waals surface area contributed by atoms with Crippen LogP contribution in [-0.4, -0.2) is 275 Å². The van der Waals surface area contributed by atoms with Crippen molar-refractivity contribution in [3.63, 3.8) is 0 Å². The van der Waals surface area contributed by atoms with Gasteiger partial charge in [0, 0.05) is 61.3 Å². The lowest BCUT2D eigenvalue weighted by atomic mass is 9.78. The molecular formula is C73H116ClF3N12O13. The van der Waals surface area contributed by atoms with Gasteiger partial charge in [-0.05, 0) is 126 Å². The zero-order valence-corrected chi connectivity index (χ0v) is 63.0. The molecule has 4 aliphatic heterocycles. The standard InChI is InChI=1S/C73H116ClF3N12O13/c1-44(2)35-55-64(94)79-62(45(3)4)69(99)83(7)40-60(92)81(5)41-61(93)85(9)56(37-46-21-14-12-15-22-46)67(97)82(6)39-58(90)78-53(31-27-47-26-30-51(52(74)36-47)73(75,76)77)66(96)88-34-20-25-54(88)65(95)80-72(32-18-19-33-72)71(101)87(11)63(48-23-16-13-17-24-48)70(100)86(10)57(38-59(91)84(55)8)68(98)89-49-28-29-50(89)43-102-42-49/h44-57,62-63H,12-43H2,1-11H3,(H,78,90)(H,79,94)(H,80,95)/t47?,49?,50?,51?,52?,53-,54-,55-,56-,57-,62-,63-/m0/s1. The predicted octanol–water partition coefficient (Wildman–Crippen LogP) is 5.47. The van der Waals surface area contributed by atoms with Crippen LogP contribution in [0.1, 0.15) is 195 Å². The molecule has 0 aromatic heterocycles. The highest BCUT2D eigenvalue weighted by Gasteiger charge is 2.53. The number of nitrogens with zero attached hydrogens (tertiary/aromatic N) is 9. The Balaban J connectivity index is 1.16. The quantitative estimate of drug-likeness (QED) is 0.229. The molecule has 8 aliphatic rings. The van der Waals surface area contributed by atoms with Crippen molar-refractivity contribution in [2.24, 2.45) is 35.5 Å². The molecule has 4 aliphatic carbocycles. The van der Waals surface area contributed by atoms with Gasteiger partial charge >= 0.3 is 6.18 Å². The molecule has 1 spiro atoms. The SMILES string of the molecule is CC(C)C[C@H]1C(=O)N[C@@H](C(C)C)C(=O)N(C)CC(=O)N(C)CC(=O)N(C)[C@@H](CC2CCCCC2)C(=O)N(C)CC(=O)N[C@@H](CCC2CCC(C(F)(F)F)C(Cl)C2)C(=O)N2CCC[C@H]2C(=O)NC2(CCCC2)C(=O)N(C)[C@@H](C2CCCCC2)C(=O)N(C)[C@H](C(=O)N2C3CCC2COC3)CC(=O)N1C. The third-order valence-electron chi connectivity index (χ3n) is 23.7. The highest BCUT2D eigenvalue weighted by Crippen LogP contribution is 2.44. The molecule has 5 unspecified atom stereocenters. The molecule has 4 heterocycles. The Kier molecular flexibility index (Phi) is 28.4. The van der Waals surface area contributed by atoms with Crippen LogP contribution in [0.25, 0.3) is 0 Å². The number of nitrogens with one attached hydrogen (secondary N) is 3. The highest BCUT2D eigenvalue weighted by molar-refractivity contribution is 6.21. The van der Waals surface area contributed by atoms with E-state index in [9.17, 15) is 41.9 Å². The number of alkyl halides is 4. The topological polar surface area (TPSA) is 279 Å². The molecule has 102 heavy (non-hydrogen) atoms. The Morgan fingerprint density at radius 1 is 0.588 bits per heavy atom. The Morgan fingerprint density at radius 3 is 1.78 bits per heavy atom. The second-order valence-corrected chi connectivity index (χ2v) is 32.4. The van der Waals surface area contributed by atoms with Gasteiger partial charge in [-0.25, -0.2) is 0 Å². The minimum atomic E-state index is -4.51. The van der Waals surface area contributed by atoms with Gasteiger partial charge in [0.2, 0.25) is 70.9 Å². The number of hydrogen-bond donors (Lipinski definition) is 3. The molecule has 29 heteroatoms. The van der Waals surface area contributed by atoms with Crippen molar-refractivity contribution in [1.82, 2.24) is 60.0 Å². The van der Waals surface area contributed by atoms with E-state index in [1.807, 2.05) is 13.8 Å².